The van der Waals surface area contributed by atoms with E-state index in [1.54, 1.807) is 0 Å². The van der Waals surface area contributed by atoms with Crippen molar-refractivity contribution in [3.8, 4) is 0 Å². The maximum Gasteiger partial charge on any atom is 0.322 e. The van der Waals surface area contributed by atoms with Gasteiger partial charge in [0.15, 0.2) is 4.90 Å². The molecule has 0 bridgehead atoms. The van der Waals surface area contributed by atoms with Crippen LogP contribution in [0.25, 0.3) is 0 Å². The van der Waals surface area contributed by atoms with Crippen LogP contribution in [0.4, 0.5) is 5.69 Å². The second-order valence-electron chi connectivity index (χ2n) is 3.97. The van der Waals surface area contributed by atoms with Gasteiger partial charge in [-0.05, 0) is 6.07 Å². The van der Waals surface area contributed by atoms with Crippen LogP contribution < -0.4 is 0 Å². The van der Waals surface area contributed by atoms with Gasteiger partial charge in [-0.2, -0.15) is 4.31 Å². The molecule has 10 heteroatoms. The van der Waals surface area contributed by atoms with Crippen molar-refractivity contribution in [3.05, 3.63) is 34.4 Å². The van der Waals surface area contributed by atoms with E-state index < -0.39 is 37.5 Å². The van der Waals surface area contributed by atoms with Crippen molar-refractivity contribution < 1.29 is 23.2 Å². The number of hydrogen-bond donors (Lipinski definition) is 1. The lowest BCUT2D eigenvalue weighted by atomic mass is 10.3. The molecule has 0 saturated carbocycles. The molecule has 1 unspecified atom stereocenters. The predicted molar refractivity (Wildman–Crippen MR) is 70.9 cm³/mol. The summed E-state index contributed by atoms with van der Waals surface area (Å²) < 4.78 is 25.6. The molecule has 0 amide bonds. The summed E-state index contributed by atoms with van der Waals surface area (Å²) >= 11 is 1.15. The molecule has 1 saturated heterocycles. The fourth-order valence-corrected chi connectivity index (χ4v) is 5.11. The van der Waals surface area contributed by atoms with Crippen LogP contribution in [-0.2, 0) is 14.8 Å². The van der Waals surface area contributed by atoms with E-state index >= 15 is 0 Å². The first-order valence-corrected chi connectivity index (χ1v) is 8.01. The molecule has 1 aromatic carbocycles. The van der Waals surface area contributed by atoms with Gasteiger partial charge in [-0.3, -0.25) is 14.9 Å². The molecule has 2 rings (SSSR count). The fraction of sp³-hybridized carbons (Fsp3) is 0.300. The SMILES string of the molecule is O=C(O)C1CSCN1S(=O)(=O)c1ccccc1[N+](=O)[O-]. The van der Waals surface area contributed by atoms with Gasteiger partial charge in [0.2, 0.25) is 0 Å². The molecule has 1 aliphatic rings. The molecular formula is C10H10N2O6S2. The minimum atomic E-state index is -4.22. The van der Waals surface area contributed by atoms with Crippen molar-refractivity contribution in [2.45, 2.75) is 10.9 Å². The Balaban J connectivity index is 2.51. The molecule has 8 nitrogen and oxygen atoms in total. The molecule has 0 aromatic heterocycles. The van der Waals surface area contributed by atoms with Crippen molar-refractivity contribution >= 4 is 33.4 Å². The molecule has 1 fully saturated rings. The average molecular weight is 318 g/mol. The smallest absolute Gasteiger partial charge is 0.322 e. The number of rotatable bonds is 4. The molecule has 1 atom stereocenters. The van der Waals surface area contributed by atoms with E-state index in [1.807, 2.05) is 0 Å². The second-order valence-corrected chi connectivity index (χ2v) is 6.83. The highest BCUT2D eigenvalue weighted by molar-refractivity contribution is 8.00. The topological polar surface area (TPSA) is 118 Å². The zero-order valence-corrected chi connectivity index (χ0v) is 11.6. The Labute approximate surface area is 118 Å². The molecule has 1 heterocycles. The van der Waals surface area contributed by atoms with E-state index in [0.29, 0.717) is 0 Å². The molecule has 1 aromatic rings. The Bertz CT molecular complexity index is 659. The number of nitro benzene ring substituents is 1. The van der Waals surface area contributed by atoms with Gasteiger partial charge in [0.05, 0.1) is 10.8 Å². The third kappa shape index (κ3) is 2.49. The highest BCUT2D eigenvalue weighted by Gasteiger charge is 2.42. The fourth-order valence-electron chi connectivity index (χ4n) is 1.81. The van der Waals surface area contributed by atoms with E-state index in [-0.39, 0.29) is 11.6 Å². The van der Waals surface area contributed by atoms with Crippen molar-refractivity contribution in [2.75, 3.05) is 11.6 Å². The van der Waals surface area contributed by atoms with Gasteiger partial charge in [-0.15, -0.1) is 11.8 Å². The maximum absolute atomic E-state index is 12.4. The molecule has 0 radical (unpaired) electrons. The number of sulfonamides is 1. The molecule has 1 aliphatic heterocycles. The second kappa shape index (κ2) is 5.38. The molecular weight excluding hydrogens is 308 g/mol. The monoisotopic (exact) mass is 318 g/mol. The summed E-state index contributed by atoms with van der Waals surface area (Å²) in [5.74, 6) is -1.18. The summed E-state index contributed by atoms with van der Waals surface area (Å²) in [7, 11) is -4.22. The van der Waals surface area contributed by atoms with Crippen LogP contribution in [0, 0.1) is 10.1 Å². The highest BCUT2D eigenvalue weighted by Crippen LogP contribution is 2.32. The van der Waals surface area contributed by atoms with Crippen molar-refractivity contribution in [3.63, 3.8) is 0 Å². The van der Waals surface area contributed by atoms with Crippen LogP contribution in [0.2, 0.25) is 0 Å². The third-order valence-electron chi connectivity index (χ3n) is 2.78. The first kappa shape index (κ1) is 14.8. The molecule has 0 aliphatic carbocycles. The predicted octanol–water partition coefficient (Wildman–Crippen LogP) is 0.743. The van der Waals surface area contributed by atoms with Gasteiger partial charge in [-0.1, -0.05) is 12.1 Å². The average Bonchev–Trinajstić information content (AvgIpc) is 2.88. The Hall–Kier alpha value is -1.65. The lowest BCUT2D eigenvalue weighted by Crippen LogP contribution is -2.41. The molecule has 20 heavy (non-hydrogen) atoms. The number of nitrogens with zero attached hydrogens (tertiary/aromatic N) is 2. The van der Waals surface area contributed by atoms with E-state index in [2.05, 4.69) is 0 Å². The van der Waals surface area contributed by atoms with Crippen molar-refractivity contribution in [1.82, 2.24) is 4.31 Å². The number of nitro groups is 1. The Kier molecular flexibility index (Phi) is 3.97. The van der Waals surface area contributed by atoms with Crippen LogP contribution in [-0.4, -0.2) is 46.4 Å². The Morgan fingerprint density at radius 2 is 2.10 bits per heavy atom. The number of carbonyl (C=O) groups is 1. The van der Waals surface area contributed by atoms with Crippen molar-refractivity contribution in [2.24, 2.45) is 0 Å². The third-order valence-corrected chi connectivity index (χ3v) is 5.85. The highest BCUT2D eigenvalue weighted by atomic mass is 32.2. The van der Waals surface area contributed by atoms with E-state index in [4.69, 9.17) is 5.11 Å². The zero-order valence-electron chi connectivity index (χ0n) is 10.0. The van der Waals surface area contributed by atoms with Crippen molar-refractivity contribution in [1.29, 1.82) is 0 Å². The van der Waals surface area contributed by atoms with E-state index in [1.165, 1.54) is 12.1 Å². The summed E-state index contributed by atoms with van der Waals surface area (Å²) in [5.41, 5.74) is -0.562. The van der Waals surface area contributed by atoms with Gasteiger partial charge < -0.3 is 5.11 Å². The zero-order chi connectivity index (χ0) is 14.9. The minimum absolute atomic E-state index is 0.0364. The van der Waals surface area contributed by atoms with Gasteiger partial charge in [0, 0.05) is 11.8 Å². The summed E-state index contributed by atoms with van der Waals surface area (Å²) in [6, 6.07) is 3.69. The lowest BCUT2D eigenvalue weighted by molar-refractivity contribution is -0.387. The minimum Gasteiger partial charge on any atom is -0.480 e. The maximum atomic E-state index is 12.4. The standard InChI is InChI=1S/C10H10N2O6S2/c13-10(14)8-5-19-6-11(8)20(17,18)9-4-2-1-3-7(9)12(15)16/h1-4,8H,5-6H2,(H,13,14). The Morgan fingerprint density at radius 1 is 1.45 bits per heavy atom. The lowest BCUT2D eigenvalue weighted by Gasteiger charge is -2.19. The summed E-state index contributed by atoms with van der Waals surface area (Å²) in [6.07, 6.45) is 0. The molecule has 0 spiro atoms. The van der Waals surface area contributed by atoms with E-state index in [0.717, 1.165) is 28.2 Å². The number of thioether (sulfide) groups is 1. The Morgan fingerprint density at radius 3 is 2.70 bits per heavy atom. The van der Waals surface area contributed by atoms with Gasteiger partial charge >= 0.3 is 5.97 Å². The number of hydrogen-bond acceptors (Lipinski definition) is 6. The summed E-state index contributed by atoms with van der Waals surface area (Å²) in [5, 5.41) is 19.9. The number of aliphatic carboxylic acids is 1. The van der Waals surface area contributed by atoms with Crippen LogP contribution in [0.3, 0.4) is 0 Å². The molecule has 108 valence electrons. The van der Waals surface area contributed by atoms with Gasteiger partial charge in [-0.25, -0.2) is 8.42 Å². The van der Waals surface area contributed by atoms with E-state index in [9.17, 15) is 23.3 Å². The summed E-state index contributed by atoms with van der Waals surface area (Å²) in [6.45, 7) is 0. The van der Waals surface area contributed by atoms with Gasteiger partial charge in [0.1, 0.15) is 6.04 Å². The largest absolute Gasteiger partial charge is 0.480 e. The number of carboxylic acid groups (broad SMARTS) is 1. The normalized spacial score (nSPS) is 19.9. The number of benzene rings is 1. The quantitative estimate of drug-likeness (QED) is 0.642. The van der Waals surface area contributed by atoms with Crippen LogP contribution in [0.15, 0.2) is 29.2 Å². The number of carboxylic acids is 1. The molecule has 1 N–H and O–H groups in total. The summed E-state index contributed by atoms with van der Waals surface area (Å²) in [4.78, 5) is 20.7. The first-order chi connectivity index (χ1) is 9.35. The van der Waals surface area contributed by atoms with Gasteiger partial charge in [0.25, 0.3) is 15.7 Å². The first-order valence-electron chi connectivity index (χ1n) is 5.41. The number of para-hydroxylation sites is 1. The van der Waals surface area contributed by atoms with Crippen LogP contribution >= 0.6 is 11.8 Å². The van der Waals surface area contributed by atoms with Crippen LogP contribution in [0.1, 0.15) is 0 Å². The van der Waals surface area contributed by atoms with Crippen LogP contribution in [0.5, 0.6) is 0 Å².